The second kappa shape index (κ2) is 11.3. The van der Waals surface area contributed by atoms with Crippen LogP contribution in [0.3, 0.4) is 0 Å². The van der Waals surface area contributed by atoms with Gasteiger partial charge in [-0.25, -0.2) is 0 Å². The van der Waals surface area contributed by atoms with Crippen molar-refractivity contribution in [2.24, 2.45) is 0 Å². The molecule has 0 saturated carbocycles. The van der Waals surface area contributed by atoms with Crippen molar-refractivity contribution in [2.75, 3.05) is 4.90 Å². The summed E-state index contributed by atoms with van der Waals surface area (Å²) in [5.74, 6) is 0.304. The molecule has 258 valence electrons. The predicted octanol–water partition coefficient (Wildman–Crippen LogP) is 13.3. The highest BCUT2D eigenvalue weighted by molar-refractivity contribution is 6.26. The fourth-order valence-corrected chi connectivity index (χ4v) is 10.4. The molecule has 1 aromatic heterocycles. The van der Waals surface area contributed by atoms with Crippen LogP contribution in [0, 0.1) is 11.3 Å². The molecule has 0 N–H and O–H groups in total. The van der Waals surface area contributed by atoms with Crippen molar-refractivity contribution in [2.45, 2.75) is 50.1 Å². The SMILES string of the molecule is CC12CCC(c3ccc4c(c3)c3ccccc3n4C3(C)C=C(C#N)C=CC3)C=C1c1ccccc1N2c1ccc2c3ccccc3c3ccccc3c2c1. The van der Waals surface area contributed by atoms with Gasteiger partial charge in [0, 0.05) is 44.7 Å². The van der Waals surface area contributed by atoms with Gasteiger partial charge in [-0.05, 0) is 125 Å². The quantitative estimate of drug-likeness (QED) is 0.173. The van der Waals surface area contributed by atoms with E-state index in [0.717, 1.165) is 24.8 Å². The van der Waals surface area contributed by atoms with Crippen molar-refractivity contribution in [3.63, 3.8) is 0 Å². The van der Waals surface area contributed by atoms with E-state index < -0.39 is 0 Å². The fourth-order valence-electron chi connectivity index (χ4n) is 10.4. The van der Waals surface area contributed by atoms with Crippen molar-refractivity contribution in [3.8, 4) is 6.07 Å². The van der Waals surface area contributed by atoms with Crippen molar-refractivity contribution in [3.05, 3.63) is 174 Å². The molecule has 3 heteroatoms. The molecule has 2 aliphatic carbocycles. The van der Waals surface area contributed by atoms with Gasteiger partial charge in [-0.3, -0.25) is 0 Å². The smallest absolute Gasteiger partial charge is 0.0989 e. The highest BCUT2D eigenvalue weighted by Crippen LogP contribution is 2.57. The van der Waals surface area contributed by atoms with E-state index in [9.17, 15) is 5.26 Å². The number of hydrogen-bond acceptors (Lipinski definition) is 2. The maximum atomic E-state index is 9.78. The minimum absolute atomic E-state index is 0.172. The highest BCUT2D eigenvalue weighted by atomic mass is 15.2. The van der Waals surface area contributed by atoms with Crippen molar-refractivity contribution >= 4 is 71.1 Å². The number of para-hydroxylation sites is 2. The Hall–Kier alpha value is -6.37. The molecule has 3 nitrogen and oxygen atoms in total. The number of nitriles is 1. The molecule has 0 amide bonds. The molecule has 7 aromatic carbocycles. The lowest BCUT2D eigenvalue weighted by atomic mass is 9.74. The number of hydrogen-bond donors (Lipinski definition) is 0. The number of rotatable bonds is 3. The predicted molar refractivity (Wildman–Crippen MR) is 226 cm³/mol. The van der Waals surface area contributed by atoms with Crippen LogP contribution in [0.5, 0.6) is 0 Å². The molecule has 0 saturated heterocycles. The molecule has 3 atom stereocenters. The Balaban J connectivity index is 1.04. The summed E-state index contributed by atoms with van der Waals surface area (Å²) in [5, 5.41) is 20.2. The first-order chi connectivity index (χ1) is 26.4. The fraction of sp³-hybridized carbons (Fsp3) is 0.157. The van der Waals surface area contributed by atoms with Gasteiger partial charge in [0.15, 0.2) is 0 Å². The van der Waals surface area contributed by atoms with Crippen LogP contribution in [-0.4, -0.2) is 10.1 Å². The molecule has 0 radical (unpaired) electrons. The van der Waals surface area contributed by atoms with E-state index >= 15 is 0 Å². The number of nitrogens with zero attached hydrogens (tertiary/aromatic N) is 3. The Morgan fingerprint density at radius 2 is 1.30 bits per heavy atom. The molecule has 2 heterocycles. The summed E-state index contributed by atoms with van der Waals surface area (Å²) in [5.41, 5.74) is 9.31. The molecular weight excluding hydrogens is 655 g/mol. The Labute approximate surface area is 315 Å². The largest absolute Gasteiger partial charge is 0.331 e. The molecule has 54 heavy (non-hydrogen) atoms. The summed E-state index contributed by atoms with van der Waals surface area (Å²) in [6, 6.07) is 52.2. The maximum Gasteiger partial charge on any atom is 0.0989 e. The van der Waals surface area contributed by atoms with Gasteiger partial charge in [0.05, 0.1) is 22.7 Å². The van der Waals surface area contributed by atoms with Crippen molar-refractivity contribution < 1.29 is 0 Å². The van der Waals surface area contributed by atoms with E-state index in [0.29, 0.717) is 5.92 Å². The number of benzene rings is 7. The number of fused-ring (bicyclic) bond motifs is 12. The summed E-state index contributed by atoms with van der Waals surface area (Å²) < 4.78 is 2.46. The van der Waals surface area contributed by atoms with E-state index in [2.05, 4.69) is 181 Å². The zero-order chi connectivity index (χ0) is 36.2. The maximum absolute atomic E-state index is 9.78. The van der Waals surface area contributed by atoms with Gasteiger partial charge in [-0.15, -0.1) is 0 Å². The third-order valence-corrected chi connectivity index (χ3v) is 12.9. The first-order valence-electron chi connectivity index (χ1n) is 19.2. The molecule has 3 unspecified atom stereocenters. The highest BCUT2D eigenvalue weighted by Gasteiger charge is 2.47. The first-order valence-corrected chi connectivity index (χ1v) is 19.2. The van der Waals surface area contributed by atoms with Crippen molar-refractivity contribution in [1.29, 1.82) is 5.26 Å². The Morgan fingerprint density at radius 3 is 2.06 bits per heavy atom. The lowest BCUT2D eigenvalue weighted by Crippen LogP contribution is -2.42. The standard InChI is InChI=1S/C51H39N3/c1-50(26-11-12-33(31-50)32-52)54-47-19-9-7-17-42(47)45-28-34(21-24-49(45)54)35-25-27-51(2)46(29-35)43-18-8-10-20-48(43)53(51)36-22-23-41-39-15-4-3-13-37(39)38-14-5-6-16-40(38)44(41)30-36/h3-24,28-31,35H,25-27H2,1-2H3. The van der Waals surface area contributed by atoms with E-state index in [4.69, 9.17) is 0 Å². The van der Waals surface area contributed by atoms with Crippen LogP contribution in [-0.2, 0) is 5.54 Å². The molecule has 11 rings (SSSR count). The van der Waals surface area contributed by atoms with E-state index in [1.807, 2.05) is 6.08 Å². The number of anilines is 2. The third-order valence-electron chi connectivity index (χ3n) is 12.9. The Kier molecular flexibility index (Phi) is 6.53. The lowest BCUT2D eigenvalue weighted by Gasteiger charge is -2.42. The van der Waals surface area contributed by atoms with Crippen LogP contribution in [0.25, 0.3) is 59.7 Å². The summed E-state index contributed by atoms with van der Waals surface area (Å²) in [6.07, 6.45) is 11.8. The minimum atomic E-state index is -0.323. The van der Waals surface area contributed by atoms with Gasteiger partial charge in [0.2, 0.25) is 0 Å². The molecule has 8 aromatic rings. The first kappa shape index (κ1) is 31.2. The molecule has 0 fully saturated rings. The monoisotopic (exact) mass is 693 g/mol. The van der Waals surface area contributed by atoms with Gasteiger partial charge in [0.1, 0.15) is 0 Å². The summed E-state index contributed by atoms with van der Waals surface area (Å²) in [6.45, 7) is 4.71. The minimum Gasteiger partial charge on any atom is -0.331 e. The number of allylic oxidation sites excluding steroid dienone is 5. The molecule has 3 aliphatic rings. The van der Waals surface area contributed by atoms with E-state index in [1.165, 1.54) is 82.2 Å². The second-order valence-electron chi connectivity index (χ2n) is 16.0. The average molecular weight is 694 g/mol. The van der Waals surface area contributed by atoms with Crippen LogP contribution in [0.4, 0.5) is 11.4 Å². The number of aromatic nitrogens is 1. The summed E-state index contributed by atoms with van der Waals surface area (Å²) in [4.78, 5) is 2.63. The molecule has 0 spiro atoms. The van der Waals surface area contributed by atoms with Crippen molar-refractivity contribution in [1.82, 2.24) is 4.57 Å². The van der Waals surface area contributed by atoms with Crippen LogP contribution >= 0.6 is 0 Å². The van der Waals surface area contributed by atoms with E-state index in [1.54, 1.807) is 0 Å². The Morgan fingerprint density at radius 1 is 0.648 bits per heavy atom. The normalized spacial score (nSPS) is 22.1. The third kappa shape index (κ3) is 4.29. The summed E-state index contributed by atoms with van der Waals surface area (Å²) >= 11 is 0. The van der Waals surface area contributed by atoms with Gasteiger partial charge in [-0.2, -0.15) is 5.26 Å². The molecule has 0 bridgehead atoms. The molecular formula is C51H39N3. The van der Waals surface area contributed by atoms with E-state index in [-0.39, 0.29) is 11.1 Å². The van der Waals surface area contributed by atoms with Gasteiger partial charge >= 0.3 is 0 Å². The second-order valence-corrected chi connectivity index (χ2v) is 16.0. The van der Waals surface area contributed by atoms with Crippen LogP contribution in [0.15, 0.2) is 163 Å². The van der Waals surface area contributed by atoms with Gasteiger partial charge < -0.3 is 9.47 Å². The average Bonchev–Trinajstić information content (AvgIpc) is 3.69. The topological polar surface area (TPSA) is 32.0 Å². The summed E-state index contributed by atoms with van der Waals surface area (Å²) in [7, 11) is 0. The van der Waals surface area contributed by atoms with Crippen LogP contribution < -0.4 is 4.90 Å². The zero-order valence-electron chi connectivity index (χ0n) is 30.6. The van der Waals surface area contributed by atoms with Gasteiger partial charge in [-0.1, -0.05) is 109 Å². The zero-order valence-corrected chi connectivity index (χ0v) is 30.6. The lowest BCUT2D eigenvalue weighted by molar-refractivity contribution is 0.436. The van der Waals surface area contributed by atoms with Gasteiger partial charge in [0.25, 0.3) is 0 Å². The van der Waals surface area contributed by atoms with Crippen LogP contribution in [0.2, 0.25) is 0 Å². The molecule has 1 aliphatic heterocycles. The Bertz CT molecular complexity index is 3000. The van der Waals surface area contributed by atoms with Crippen LogP contribution in [0.1, 0.15) is 50.2 Å².